The standard InChI is InChI=1S/C10H11F3N4O2/c11-10(12,13)8-15-3-6(4-16-8)17-2-1-7(5-17)19-9(14)18/h3-4,7H,1-2,5H2,(H2,14,18). The maximum atomic E-state index is 12.3. The van der Waals surface area contributed by atoms with Crippen LogP contribution in [0.15, 0.2) is 12.4 Å². The monoisotopic (exact) mass is 276 g/mol. The van der Waals surface area contributed by atoms with Crippen LogP contribution in [0.3, 0.4) is 0 Å². The minimum absolute atomic E-state index is 0.359. The molecule has 1 saturated heterocycles. The van der Waals surface area contributed by atoms with Gasteiger partial charge < -0.3 is 15.4 Å². The van der Waals surface area contributed by atoms with E-state index in [2.05, 4.69) is 9.97 Å². The van der Waals surface area contributed by atoms with Crippen molar-refractivity contribution in [2.24, 2.45) is 5.73 Å². The summed E-state index contributed by atoms with van der Waals surface area (Å²) in [6, 6.07) is 0. The summed E-state index contributed by atoms with van der Waals surface area (Å²) in [4.78, 5) is 18.9. The van der Waals surface area contributed by atoms with Crippen molar-refractivity contribution in [3.63, 3.8) is 0 Å². The van der Waals surface area contributed by atoms with Gasteiger partial charge in [0.25, 0.3) is 0 Å². The van der Waals surface area contributed by atoms with Crippen LogP contribution in [0.4, 0.5) is 23.7 Å². The van der Waals surface area contributed by atoms with Crippen LogP contribution in [0, 0.1) is 0 Å². The van der Waals surface area contributed by atoms with Crippen molar-refractivity contribution in [2.45, 2.75) is 18.7 Å². The summed E-state index contributed by atoms with van der Waals surface area (Å²) in [5, 5.41) is 0. The number of rotatable bonds is 2. The van der Waals surface area contributed by atoms with Gasteiger partial charge in [-0.15, -0.1) is 0 Å². The Hall–Kier alpha value is -2.06. The first kappa shape index (κ1) is 13.4. The fourth-order valence-electron chi connectivity index (χ4n) is 1.85. The first-order valence-corrected chi connectivity index (χ1v) is 5.46. The van der Waals surface area contributed by atoms with E-state index in [4.69, 9.17) is 10.5 Å². The lowest BCUT2D eigenvalue weighted by atomic mass is 10.3. The molecule has 0 radical (unpaired) electrons. The van der Waals surface area contributed by atoms with Crippen LogP contribution in [0.5, 0.6) is 0 Å². The van der Waals surface area contributed by atoms with Crippen LogP contribution >= 0.6 is 0 Å². The summed E-state index contributed by atoms with van der Waals surface area (Å²) in [6.07, 6.45) is -3.02. The molecule has 1 unspecified atom stereocenters. The van der Waals surface area contributed by atoms with Crippen molar-refractivity contribution in [1.82, 2.24) is 9.97 Å². The highest BCUT2D eigenvalue weighted by Gasteiger charge is 2.34. The highest BCUT2D eigenvalue weighted by atomic mass is 19.4. The average molecular weight is 276 g/mol. The van der Waals surface area contributed by atoms with Gasteiger partial charge >= 0.3 is 12.3 Å². The summed E-state index contributed by atoms with van der Waals surface area (Å²) >= 11 is 0. The van der Waals surface area contributed by atoms with Gasteiger partial charge in [0.2, 0.25) is 5.82 Å². The molecule has 1 aliphatic rings. The Balaban J connectivity index is 2.02. The lowest BCUT2D eigenvalue weighted by molar-refractivity contribution is -0.144. The molecule has 6 nitrogen and oxygen atoms in total. The van der Waals surface area contributed by atoms with Gasteiger partial charge in [-0.3, -0.25) is 0 Å². The smallest absolute Gasteiger partial charge is 0.444 e. The van der Waals surface area contributed by atoms with Crippen molar-refractivity contribution in [1.29, 1.82) is 0 Å². The van der Waals surface area contributed by atoms with Gasteiger partial charge in [-0.2, -0.15) is 13.2 Å². The number of anilines is 1. The minimum atomic E-state index is -4.55. The van der Waals surface area contributed by atoms with Gasteiger partial charge in [0.1, 0.15) is 6.10 Å². The van der Waals surface area contributed by atoms with Crippen LogP contribution in [0.25, 0.3) is 0 Å². The van der Waals surface area contributed by atoms with Crippen LogP contribution in [0.1, 0.15) is 12.2 Å². The molecule has 2 rings (SSSR count). The zero-order chi connectivity index (χ0) is 14.0. The van der Waals surface area contributed by atoms with Gasteiger partial charge in [-0.25, -0.2) is 14.8 Å². The number of ether oxygens (including phenoxy) is 1. The van der Waals surface area contributed by atoms with E-state index in [1.807, 2.05) is 0 Å². The van der Waals surface area contributed by atoms with Crippen LogP contribution in [0.2, 0.25) is 0 Å². The topological polar surface area (TPSA) is 81.3 Å². The van der Waals surface area contributed by atoms with E-state index in [9.17, 15) is 18.0 Å². The van der Waals surface area contributed by atoms with Gasteiger partial charge in [0.05, 0.1) is 24.6 Å². The number of hydrogen-bond acceptors (Lipinski definition) is 5. The normalized spacial score (nSPS) is 19.5. The molecule has 0 bridgehead atoms. The molecule has 1 aromatic rings. The molecule has 0 aromatic carbocycles. The lowest BCUT2D eigenvalue weighted by Crippen LogP contribution is -2.27. The number of halogens is 3. The van der Waals surface area contributed by atoms with Gasteiger partial charge in [-0.1, -0.05) is 0 Å². The molecule has 1 atom stereocenters. The Kier molecular flexibility index (Phi) is 3.45. The number of aromatic nitrogens is 2. The number of alkyl halides is 3. The second-order valence-electron chi connectivity index (χ2n) is 4.06. The van der Waals surface area contributed by atoms with Crippen LogP contribution < -0.4 is 10.6 Å². The van der Waals surface area contributed by atoms with E-state index in [0.717, 1.165) is 12.4 Å². The zero-order valence-electron chi connectivity index (χ0n) is 9.72. The van der Waals surface area contributed by atoms with Crippen molar-refractivity contribution >= 4 is 11.8 Å². The zero-order valence-corrected chi connectivity index (χ0v) is 9.72. The number of primary amides is 1. The molecule has 0 spiro atoms. The van der Waals surface area contributed by atoms with E-state index in [-0.39, 0.29) is 6.10 Å². The molecule has 19 heavy (non-hydrogen) atoms. The van der Waals surface area contributed by atoms with Gasteiger partial charge in [0.15, 0.2) is 0 Å². The lowest BCUT2D eigenvalue weighted by Gasteiger charge is -2.17. The fraction of sp³-hybridized carbons (Fsp3) is 0.500. The number of nitrogens with two attached hydrogens (primary N) is 1. The Bertz CT molecular complexity index is 463. The van der Waals surface area contributed by atoms with Crippen LogP contribution in [-0.4, -0.2) is 35.3 Å². The number of carbonyl (C=O) groups excluding carboxylic acids is 1. The third-order valence-electron chi connectivity index (χ3n) is 2.68. The predicted octanol–water partition coefficient (Wildman–Crippen LogP) is 1.17. The molecule has 1 aromatic heterocycles. The predicted molar refractivity (Wildman–Crippen MR) is 58.3 cm³/mol. The fourth-order valence-corrected chi connectivity index (χ4v) is 1.85. The van der Waals surface area contributed by atoms with E-state index in [1.54, 1.807) is 4.90 Å². The van der Waals surface area contributed by atoms with Crippen molar-refractivity contribution in [2.75, 3.05) is 18.0 Å². The molecular weight excluding hydrogens is 265 g/mol. The molecule has 9 heteroatoms. The molecule has 0 saturated carbocycles. The molecule has 1 amide bonds. The highest BCUT2D eigenvalue weighted by Crippen LogP contribution is 2.27. The Morgan fingerprint density at radius 1 is 1.42 bits per heavy atom. The Morgan fingerprint density at radius 2 is 2.05 bits per heavy atom. The average Bonchev–Trinajstić information content (AvgIpc) is 2.75. The number of amides is 1. The summed E-state index contributed by atoms with van der Waals surface area (Å²) in [5.41, 5.74) is 5.34. The third kappa shape index (κ3) is 3.24. The van der Waals surface area contributed by atoms with E-state index >= 15 is 0 Å². The Labute approximate surface area is 106 Å². The van der Waals surface area contributed by atoms with E-state index in [0.29, 0.717) is 25.2 Å². The van der Waals surface area contributed by atoms with Gasteiger partial charge in [0, 0.05) is 13.0 Å². The maximum Gasteiger partial charge on any atom is 0.451 e. The minimum Gasteiger partial charge on any atom is -0.444 e. The second-order valence-corrected chi connectivity index (χ2v) is 4.06. The second kappa shape index (κ2) is 4.90. The molecule has 104 valence electrons. The van der Waals surface area contributed by atoms with E-state index < -0.39 is 18.1 Å². The maximum absolute atomic E-state index is 12.3. The number of carbonyl (C=O) groups is 1. The Morgan fingerprint density at radius 3 is 2.58 bits per heavy atom. The summed E-state index contributed by atoms with van der Waals surface area (Å²) in [6.45, 7) is 0.893. The molecule has 2 N–H and O–H groups in total. The van der Waals surface area contributed by atoms with Gasteiger partial charge in [-0.05, 0) is 0 Å². The summed E-state index contributed by atoms with van der Waals surface area (Å²) in [5.74, 6) is -1.18. The quantitative estimate of drug-likeness (QED) is 0.876. The molecule has 1 aliphatic heterocycles. The molecular formula is C10H11F3N4O2. The number of nitrogens with zero attached hydrogens (tertiary/aromatic N) is 3. The highest BCUT2D eigenvalue weighted by molar-refractivity contribution is 5.65. The van der Waals surface area contributed by atoms with E-state index in [1.165, 1.54) is 0 Å². The largest absolute Gasteiger partial charge is 0.451 e. The van der Waals surface area contributed by atoms with Crippen molar-refractivity contribution in [3.8, 4) is 0 Å². The first-order valence-electron chi connectivity index (χ1n) is 5.46. The van der Waals surface area contributed by atoms with Crippen molar-refractivity contribution < 1.29 is 22.7 Å². The third-order valence-corrected chi connectivity index (χ3v) is 2.68. The summed E-state index contributed by atoms with van der Waals surface area (Å²) in [7, 11) is 0. The summed E-state index contributed by atoms with van der Waals surface area (Å²) < 4.78 is 41.7. The van der Waals surface area contributed by atoms with Crippen molar-refractivity contribution in [3.05, 3.63) is 18.2 Å². The first-order chi connectivity index (χ1) is 8.86. The SMILES string of the molecule is NC(=O)OC1CCN(c2cnc(C(F)(F)F)nc2)C1. The number of hydrogen-bond donors (Lipinski definition) is 1. The molecule has 1 fully saturated rings. The molecule has 0 aliphatic carbocycles. The molecule has 2 heterocycles. The van der Waals surface area contributed by atoms with Crippen LogP contribution in [-0.2, 0) is 10.9 Å².